The number of likely N-dealkylation sites (N-methyl/N-ethyl adjacent to an activating group) is 1. The lowest BCUT2D eigenvalue weighted by atomic mass is 10.2. The van der Waals surface area contributed by atoms with Gasteiger partial charge in [-0.15, -0.1) is 11.3 Å². The fourth-order valence-corrected chi connectivity index (χ4v) is 3.81. The number of carbonyl (C=O) groups is 2. The molecule has 0 atom stereocenters. The van der Waals surface area contributed by atoms with E-state index < -0.39 is 0 Å². The lowest BCUT2D eigenvalue weighted by Gasteiger charge is -2.17. The summed E-state index contributed by atoms with van der Waals surface area (Å²) in [5.41, 5.74) is 1.72. The van der Waals surface area contributed by atoms with Crippen LogP contribution in [0.25, 0.3) is 10.4 Å². The average Bonchev–Trinajstić information content (AvgIpc) is 3.13. The van der Waals surface area contributed by atoms with Crippen LogP contribution in [-0.4, -0.2) is 36.9 Å². The first-order valence-electron chi connectivity index (χ1n) is 9.01. The molecule has 0 bridgehead atoms. The van der Waals surface area contributed by atoms with E-state index in [9.17, 15) is 9.59 Å². The number of para-hydroxylation sites is 1. The average molecular weight is 394 g/mol. The third-order valence-corrected chi connectivity index (χ3v) is 5.19. The molecule has 0 unspecified atom stereocenters. The topological polar surface area (TPSA) is 58.6 Å². The van der Waals surface area contributed by atoms with Crippen molar-refractivity contribution in [1.29, 1.82) is 0 Å². The van der Waals surface area contributed by atoms with Gasteiger partial charge in [-0.3, -0.25) is 9.59 Å². The smallest absolute Gasteiger partial charge is 0.267 e. The number of carbonyl (C=O) groups excluding carboxylic acids is 2. The highest BCUT2D eigenvalue weighted by Gasteiger charge is 2.23. The lowest BCUT2D eigenvalue weighted by Crippen LogP contribution is -2.34. The van der Waals surface area contributed by atoms with Crippen LogP contribution >= 0.6 is 11.3 Å². The maximum atomic E-state index is 12.9. The third kappa shape index (κ3) is 4.78. The maximum Gasteiger partial charge on any atom is 0.267 e. The quantitative estimate of drug-likeness (QED) is 0.641. The molecular formula is C22H22N2O3S. The Hall–Kier alpha value is -3.12. The fourth-order valence-electron chi connectivity index (χ4n) is 2.71. The molecule has 3 aromatic rings. The van der Waals surface area contributed by atoms with Gasteiger partial charge in [0.05, 0.1) is 13.2 Å². The molecule has 0 saturated carbocycles. The van der Waals surface area contributed by atoms with E-state index in [0.29, 0.717) is 22.9 Å². The maximum absolute atomic E-state index is 12.9. The number of hydrogen-bond donors (Lipinski definition) is 1. The summed E-state index contributed by atoms with van der Waals surface area (Å²) in [5.74, 6) is 0.0605. The van der Waals surface area contributed by atoms with Gasteiger partial charge in [0.25, 0.3) is 5.91 Å². The summed E-state index contributed by atoms with van der Waals surface area (Å²) in [4.78, 5) is 28.1. The first kappa shape index (κ1) is 19.6. The van der Waals surface area contributed by atoms with Gasteiger partial charge in [0.15, 0.2) is 0 Å². The summed E-state index contributed by atoms with van der Waals surface area (Å²) >= 11 is 1.37. The summed E-state index contributed by atoms with van der Waals surface area (Å²) in [6.07, 6.45) is 0. The Balaban J connectivity index is 1.75. The van der Waals surface area contributed by atoms with E-state index in [4.69, 9.17) is 4.74 Å². The highest BCUT2D eigenvalue weighted by molar-refractivity contribution is 7.17. The molecule has 0 aliphatic heterocycles. The normalized spacial score (nSPS) is 10.4. The van der Waals surface area contributed by atoms with Gasteiger partial charge in [-0.05, 0) is 30.7 Å². The molecule has 0 radical (unpaired) electrons. The van der Waals surface area contributed by atoms with Crippen LogP contribution in [0.4, 0.5) is 5.69 Å². The molecule has 1 heterocycles. The van der Waals surface area contributed by atoms with E-state index in [-0.39, 0.29) is 18.4 Å². The van der Waals surface area contributed by atoms with Crippen molar-refractivity contribution >= 4 is 28.8 Å². The van der Waals surface area contributed by atoms with Gasteiger partial charge < -0.3 is 15.0 Å². The molecule has 0 aliphatic rings. The van der Waals surface area contributed by atoms with Crippen molar-refractivity contribution in [3.63, 3.8) is 0 Å². The van der Waals surface area contributed by atoms with Crippen molar-refractivity contribution in [2.45, 2.75) is 6.92 Å². The van der Waals surface area contributed by atoms with Crippen molar-refractivity contribution in [3.05, 3.63) is 71.6 Å². The Bertz CT molecular complexity index is 939. The van der Waals surface area contributed by atoms with Gasteiger partial charge in [-0.25, -0.2) is 0 Å². The Kier molecular flexibility index (Phi) is 6.45. The van der Waals surface area contributed by atoms with Crippen molar-refractivity contribution in [1.82, 2.24) is 4.90 Å². The monoisotopic (exact) mass is 394 g/mol. The van der Waals surface area contributed by atoms with Crippen LogP contribution in [0.2, 0.25) is 0 Å². The lowest BCUT2D eigenvalue weighted by molar-refractivity contribution is -0.116. The van der Waals surface area contributed by atoms with Crippen molar-refractivity contribution in [2.24, 2.45) is 0 Å². The van der Waals surface area contributed by atoms with E-state index in [2.05, 4.69) is 5.32 Å². The Morgan fingerprint density at radius 1 is 1.04 bits per heavy atom. The highest BCUT2D eigenvalue weighted by Crippen LogP contribution is 2.37. The molecule has 1 aromatic heterocycles. The third-order valence-electron chi connectivity index (χ3n) is 4.04. The molecule has 0 aliphatic carbocycles. The molecule has 2 aromatic carbocycles. The SMILES string of the molecule is CCOc1cc(-c2ccccc2)sc1C(=O)N(C)CC(=O)Nc1ccccc1. The van der Waals surface area contributed by atoms with Gasteiger partial charge in [-0.1, -0.05) is 48.5 Å². The predicted octanol–water partition coefficient (Wildman–Crippen LogP) is 4.52. The molecule has 2 amide bonds. The second-order valence-corrected chi connectivity index (χ2v) is 7.23. The van der Waals surface area contributed by atoms with Crippen LogP contribution < -0.4 is 10.1 Å². The van der Waals surface area contributed by atoms with Gasteiger partial charge in [0.2, 0.25) is 5.91 Å². The molecule has 0 spiro atoms. The summed E-state index contributed by atoms with van der Waals surface area (Å²) in [6, 6.07) is 20.9. The van der Waals surface area contributed by atoms with Crippen LogP contribution in [0.3, 0.4) is 0 Å². The minimum atomic E-state index is -0.250. The first-order chi connectivity index (χ1) is 13.6. The summed E-state index contributed by atoms with van der Waals surface area (Å²) in [7, 11) is 1.62. The number of anilines is 1. The van der Waals surface area contributed by atoms with E-state index in [1.165, 1.54) is 16.2 Å². The van der Waals surface area contributed by atoms with Crippen LogP contribution in [-0.2, 0) is 4.79 Å². The first-order valence-corrected chi connectivity index (χ1v) is 9.82. The van der Waals surface area contributed by atoms with Crippen LogP contribution in [0.5, 0.6) is 5.75 Å². The zero-order valence-corrected chi connectivity index (χ0v) is 16.7. The zero-order valence-electron chi connectivity index (χ0n) is 15.8. The summed E-state index contributed by atoms with van der Waals surface area (Å²) < 4.78 is 5.67. The number of thiophene rings is 1. The zero-order chi connectivity index (χ0) is 19.9. The molecule has 144 valence electrons. The van der Waals surface area contributed by atoms with E-state index >= 15 is 0 Å². The van der Waals surface area contributed by atoms with Gasteiger partial charge in [0.1, 0.15) is 10.6 Å². The number of hydrogen-bond acceptors (Lipinski definition) is 4. The largest absolute Gasteiger partial charge is 0.492 e. The molecule has 0 saturated heterocycles. The molecular weight excluding hydrogens is 372 g/mol. The van der Waals surface area contributed by atoms with Gasteiger partial charge >= 0.3 is 0 Å². The standard InChI is InChI=1S/C22H22N2O3S/c1-3-27-18-14-19(16-10-6-4-7-11-16)28-21(18)22(26)24(2)15-20(25)23-17-12-8-5-9-13-17/h4-14H,3,15H2,1-2H3,(H,23,25). The Labute approximate surface area is 168 Å². The number of benzene rings is 2. The van der Waals surface area contributed by atoms with Gasteiger partial charge in [0, 0.05) is 17.6 Å². The number of ether oxygens (including phenoxy) is 1. The Morgan fingerprint density at radius 3 is 2.32 bits per heavy atom. The molecule has 28 heavy (non-hydrogen) atoms. The number of nitrogens with one attached hydrogen (secondary N) is 1. The molecule has 5 nitrogen and oxygen atoms in total. The molecule has 0 fully saturated rings. The summed E-state index contributed by atoms with van der Waals surface area (Å²) in [5, 5.41) is 2.79. The van der Waals surface area contributed by atoms with Gasteiger partial charge in [-0.2, -0.15) is 0 Å². The second-order valence-electron chi connectivity index (χ2n) is 6.18. The highest BCUT2D eigenvalue weighted by atomic mass is 32.1. The van der Waals surface area contributed by atoms with Crippen molar-refractivity contribution in [2.75, 3.05) is 25.5 Å². The Morgan fingerprint density at radius 2 is 1.68 bits per heavy atom. The van der Waals surface area contributed by atoms with E-state index in [1.807, 2.05) is 61.5 Å². The van der Waals surface area contributed by atoms with E-state index in [0.717, 1.165) is 10.4 Å². The minimum Gasteiger partial charge on any atom is -0.492 e. The van der Waals surface area contributed by atoms with Crippen molar-refractivity contribution in [3.8, 4) is 16.2 Å². The van der Waals surface area contributed by atoms with E-state index in [1.54, 1.807) is 19.2 Å². The van der Waals surface area contributed by atoms with Crippen LogP contribution in [0, 0.1) is 0 Å². The number of amides is 2. The van der Waals surface area contributed by atoms with Crippen LogP contribution in [0.15, 0.2) is 66.7 Å². The minimum absolute atomic E-state index is 0.0438. The molecule has 6 heteroatoms. The summed E-state index contributed by atoms with van der Waals surface area (Å²) in [6.45, 7) is 2.30. The number of nitrogens with zero attached hydrogens (tertiary/aromatic N) is 1. The second kappa shape index (κ2) is 9.19. The number of rotatable bonds is 7. The molecule has 3 rings (SSSR count). The van der Waals surface area contributed by atoms with Crippen molar-refractivity contribution < 1.29 is 14.3 Å². The van der Waals surface area contributed by atoms with Crippen LogP contribution in [0.1, 0.15) is 16.6 Å². The predicted molar refractivity (Wildman–Crippen MR) is 113 cm³/mol. The molecule has 1 N–H and O–H groups in total. The fraction of sp³-hybridized carbons (Fsp3) is 0.182.